The molecule has 0 saturated carbocycles. The van der Waals surface area contributed by atoms with Gasteiger partial charge in [-0.1, -0.05) is 30.3 Å². The maximum Gasteiger partial charge on any atom is 0.307 e. The molecule has 0 saturated heterocycles. The minimum atomic E-state index is -0.620. The molecule has 0 bridgehead atoms. The third kappa shape index (κ3) is 7.54. The molecule has 3 aromatic rings. The van der Waals surface area contributed by atoms with Crippen LogP contribution >= 0.6 is 11.8 Å². The standard InChI is InChI=1S/C13H17N3O3S.C10H10N4O/c1-16-9-8-15-11(14-5-3-13(18)19-2)7-10(9)20-6-4-12(16)17;11-9(15)10-12-8(13-14-10)6-7-4-2-1-3-5-7/h7-8H,3-6H2,1-2H3,(H,14,15);1-5H,6H2,(H2,11,15)(H,12,13,14). The molecule has 2 amide bonds. The van der Waals surface area contributed by atoms with Crippen LogP contribution in [0.3, 0.4) is 0 Å². The van der Waals surface area contributed by atoms with Crippen molar-refractivity contribution >= 4 is 41.1 Å². The second-order valence-electron chi connectivity index (χ2n) is 7.47. The number of amides is 2. The lowest BCUT2D eigenvalue weighted by Gasteiger charge is -2.17. The van der Waals surface area contributed by atoms with Gasteiger partial charge in [-0.2, -0.15) is 0 Å². The Bertz CT molecular complexity index is 1170. The number of rotatable bonds is 7. The topological polar surface area (TPSA) is 156 Å². The third-order valence-corrected chi connectivity index (χ3v) is 6.03. The summed E-state index contributed by atoms with van der Waals surface area (Å²) in [7, 11) is 3.13. The molecule has 0 fully saturated rings. The molecule has 1 aliphatic rings. The Kier molecular flexibility index (Phi) is 9.18. The maximum atomic E-state index is 11.8. The molecule has 4 N–H and O–H groups in total. The second kappa shape index (κ2) is 12.5. The van der Waals surface area contributed by atoms with Crippen LogP contribution in [-0.2, 0) is 20.7 Å². The number of nitrogens with one attached hydrogen (secondary N) is 2. The molecule has 35 heavy (non-hydrogen) atoms. The van der Waals surface area contributed by atoms with Crippen LogP contribution in [0.1, 0.15) is 34.8 Å². The zero-order valence-corrected chi connectivity index (χ0v) is 20.3. The lowest BCUT2D eigenvalue weighted by Crippen LogP contribution is -2.25. The summed E-state index contributed by atoms with van der Waals surface area (Å²) in [6.07, 6.45) is 3.12. The fourth-order valence-corrected chi connectivity index (χ4v) is 4.14. The van der Waals surface area contributed by atoms with E-state index in [4.69, 9.17) is 5.73 Å². The van der Waals surface area contributed by atoms with Crippen LogP contribution in [-0.4, -0.2) is 64.4 Å². The fourth-order valence-electron chi connectivity index (χ4n) is 3.11. The smallest absolute Gasteiger partial charge is 0.307 e. The lowest BCUT2D eigenvalue weighted by atomic mass is 10.1. The van der Waals surface area contributed by atoms with Crippen molar-refractivity contribution in [1.82, 2.24) is 20.2 Å². The predicted octanol–water partition coefficient (Wildman–Crippen LogP) is 2.01. The van der Waals surface area contributed by atoms with Crippen molar-refractivity contribution in [3.8, 4) is 0 Å². The number of carbonyl (C=O) groups is 3. The number of nitrogens with two attached hydrogens (primary N) is 1. The lowest BCUT2D eigenvalue weighted by molar-refractivity contribution is -0.140. The Morgan fingerprint density at radius 3 is 2.74 bits per heavy atom. The van der Waals surface area contributed by atoms with Crippen molar-refractivity contribution in [3.63, 3.8) is 0 Å². The Hall–Kier alpha value is -3.93. The molecular formula is C23H27N7O4S. The average Bonchev–Trinajstić information content (AvgIpc) is 3.28. The molecule has 0 aliphatic carbocycles. The van der Waals surface area contributed by atoms with Crippen LogP contribution in [0.2, 0.25) is 0 Å². The highest BCUT2D eigenvalue weighted by Crippen LogP contribution is 2.34. The zero-order chi connectivity index (χ0) is 25.2. The van der Waals surface area contributed by atoms with E-state index in [1.54, 1.807) is 29.9 Å². The minimum absolute atomic E-state index is 0.0286. The van der Waals surface area contributed by atoms with Crippen LogP contribution in [0.15, 0.2) is 47.5 Å². The predicted molar refractivity (Wildman–Crippen MR) is 132 cm³/mol. The molecule has 0 atom stereocenters. The fraction of sp³-hybridized carbons (Fsp3) is 0.304. The SMILES string of the molecule is COC(=O)CCNc1cc2c(cn1)N(C)C(=O)CCS2.NC(=O)c1n[nH]c(Cc2ccccc2)n1. The summed E-state index contributed by atoms with van der Waals surface area (Å²) in [6.45, 7) is 0.470. The summed E-state index contributed by atoms with van der Waals surface area (Å²) in [5.74, 6) is 1.35. The van der Waals surface area contributed by atoms with Crippen LogP contribution in [0.25, 0.3) is 0 Å². The van der Waals surface area contributed by atoms with E-state index in [9.17, 15) is 14.4 Å². The Labute approximate surface area is 206 Å². The Balaban J connectivity index is 0.000000203. The molecule has 12 heteroatoms. The van der Waals surface area contributed by atoms with Gasteiger partial charge in [0.25, 0.3) is 5.91 Å². The van der Waals surface area contributed by atoms with E-state index in [1.165, 1.54) is 7.11 Å². The van der Waals surface area contributed by atoms with Gasteiger partial charge in [0.2, 0.25) is 11.7 Å². The van der Waals surface area contributed by atoms with E-state index < -0.39 is 5.91 Å². The summed E-state index contributed by atoms with van der Waals surface area (Å²) in [5.41, 5.74) is 6.97. The van der Waals surface area contributed by atoms with Crippen LogP contribution in [0, 0.1) is 0 Å². The molecule has 0 radical (unpaired) electrons. The molecule has 0 spiro atoms. The first kappa shape index (κ1) is 25.7. The number of hydrogen-bond acceptors (Lipinski definition) is 9. The third-order valence-electron chi connectivity index (χ3n) is 4.98. The van der Waals surface area contributed by atoms with Crippen LogP contribution in [0.5, 0.6) is 0 Å². The number of nitrogens with zero attached hydrogens (tertiary/aromatic N) is 4. The number of pyridine rings is 1. The average molecular weight is 498 g/mol. The number of thioether (sulfide) groups is 1. The molecule has 0 unspecified atom stereocenters. The van der Waals surface area contributed by atoms with E-state index in [1.807, 2.05) is 36.4 Å². The molecule has 3 heterocycles. The zero-order valence-electron chi connectivity index (χ0n) is 19.5. The second-order valence-corrected chi connectivity index (χ2v) is 8.61. The van der Waals surface area contributed by atoms with Crippen LogP contribution < -0.4 is 16.0 Å². The monoisotopic (exact) mass is 497 g/mol. The highest BCUT2D eigenvalue weighted by Gasteiger charge is 2.20. The summed E-state index contributed by atoms with van der Waals surface area (Å²) in [4.78, 5) is 44.4. The molecule has 11 nitrogen and oxygen atoms in total. The van der Waals surface area contributed by atoms with Crippen molar-refractivity contribution in [2.24, 2.45) is 5.73 Å². The molecule has 2 aromatic heterocycles. The van der Waals surface area contributed by atoms with Gasteiger partial charge in [-0.3, -0.25) is 19.5 Å². The molecule has 1 aliphatic heterocycles. The number of aromatic nitrogens is 4. The van der Waals surface area contributed by atoms with E-state index in [0.29, 0.717) is 37.4 Å². The van der Waals surface area contributed by atoms with Gasteiger partial charge in [0, 0.05) is 37.1 Å². The van der Waals surface area contributed by atoms with Crippen molar-refractivity contribution in [1.29, 1.82) is 0 Å². The van der Waals surface area contributed by atoms with Gasteiger partial charge in [-0.05, 0) is 11.6 Å². The number of fused-ring (bicyclic) bond motifs is 1. The van der Waals surface area contributed by atoms with Gasteiger partial charge in [-0.15, -0.1) is 16.9 Å². The molecule has 1 aromatic carbocycles. The normalized spacial score (nSPS) is 12.6. The molecule has 184 valence electrons. The number of carbonyl (C=O) groups excluding carboxylic acids is 3. The van der Waals surface area contributed by atoms with E-state index in [-0.39, 0.29) is 17.7 Å². The maximum absolute atomic E-state index is 11.8. The van der Waals surface area contributed by atoms with Crippen molar-refractivity contribution < 1.29 is 19.1 Å². The number of benzene rings is 1. The van der Waals surface area contributed by atoms with Crippen molar-refractivity contribution in [2.75, 3.05) is 36.7 Å². The first-order chi connectivity index (χ1) is 16.9. The Morgan fingerprint density at radius 1 is 1.29 bits per heavy atom. The number of aromatic amines is 1. The van der Waals surface area contributed by atoms with E-state index in [0.717, 1.165) is 21.9 Å². The van der Waals surface area contributed by atoms with E-state index >= 15 is 0 Å². The highest BCUT2D eigenvalue weighted by atomic mass is 32.2. The van der Waals surface area contributed by atoms with Gasteiger partial charge in [0.1, 0.15) is 11.6 Å². The number of primary amides is 1. The summed E-state index contributed by atoms with van der Waals surface area (Å²) in [5, 5.41) is 9.45. The van der Waals surface area contributed by atoms with Gasteiger partial charge in [-0.25, -0.2) is 9.97 Å². The first-order valence-corrected chi connectivity index (χ1v) is 11.8. The van der Waals surface area contributed by atoms with Gasteiger partial charge in [0.05, 0.1) is 25.4 Å². The first-order valence-electron chi connectivity index (χ1n) is 10.8. The summed E-state index contributed by atoms with van der Waals surface area (Å²) < 4.78 is 4.57. The van der Waals surface area contributed by atoms with Crippen molar-refractivity contribution in [3.05, 3.63) is 59.8 Å². The van der Waals surface area contributed by atoms with Crippen molar-refractivity contribution in [2.45, 2.75) is 24.2 Å². The number of H-pyrrole nitrogens is 1. The van der Waals surface area contributed by atoms with Gasteiger partial charge < -0.3 is 20.7 Å². The minimum Gasteiger partial charge on any atom is -0.469 e. The summed E-state index contributed by atoms with van der Waals surface area (Å²) >= 11 is 1.64. The quantitative estimate of drug-likeness (QED) is 0.415. The number of methoxy groups -OCH3 is 1. The van der Waals surface area contributed by atoms with Crippen LogP contribution in [0.4, 0.5) is 11.5 Å². The number of hydrogen-bond donors (Lipinski definition) is 3. The summed E-state index contributed by atoms with van der Waals surface area (Å²) in [6, 6.07) is 11.7. The highest BCUT2D eigenvalue weighted by molar-refractivity contribution is 7.99. The van der Waals surface area contributed by atoms with Gasteiger partial charge in [0.15, 0.2) is 0 Å². The number of ether oxygens (including phenoxy) is 1. The molecular weight excluding hydrogens is 470 g/mol. The largest absolute Gasteiger partial charge is 0.469 e. The number of esters is 1. The van der Waals surface area contributed by atoms with E-state index in [2.05, 4.69) is 30.2 Å². The number of anilines is 2. The Morgan fingerprint density at radius 2 is 2.06 bits per heavy atom. The van der Waals surface area contributed by atoms with Gasteiger partial charge >= 0.3 is 5.97 Å². The molecule has 4 rings (SSSR count).